The number of nitrogens with one attached hydrogen (secondary N) is 1. The van der Waals surface area contributed by atoms with Crippen molar-refractivity contribution in [2.24, 2.45) is 5.41 Å². The number of aromatic nitrogens is 4. The number of aryl methyl sites for hydroxylation is 1. The molecule has 2 heterocycles. The second-order valence-electron chi connectivity index (χ2n) is 8.49. The van der Waals surface area contributed by atoms with Crippen LogP contribution in [0.2, 0.25) is 0 Å². The quantitative estimate of drug-likeness (QED) is 0.654. The van der Waals surface area contributed by atoms with Crippen molar-refractivity contribution in [2.75, 3.05) is 5.73 Å². The molecule has 6 rings (SSSR count). The minimum atomic E-state index is -3.75. The van der Waals surface area contributed by atoms with E-state index in [1.54, 1.807) is 28.9 Å². The van der Waals surface area contributed by atoms with E-state index in [1.165, 1.54) is 6.33 Å². The van der Waals surface area contributed by atoms with Crippen molar-refractivity contribution in [2.45, 2.75) is 49.5 Å². The van der Waals surface area contributed by atoms with Crippen molar-refractivity contribution >= 4 is 21.5 Å². The highest BCUT2D eigenvalue weighted by atomic mass is 32.2. The summed E-state index contributed by atoms with van der Waals surface area (Å²) in [6.45, 7) is 1.90. The van der Waals surface area contributed by atoms with Crippen molar-refractivity contribution in [1.82, 2.24) is 24.3 Å². The Morgan fingerprint density at radius 1 is 1.30 bits per heavy atom. The van der Waals surface area contributed by atoms with Crippen molar-refractivity contribution in [1.29, 1.82) is 5.26 Å². The summed E-state index contributed by atoms with van der Waals surface area (Å²) in [4.78, 5) is 8.39. The van der Waals surface area contributed by atoms with Crippen LogP contribution in [0, 0.1) is 23.7 Å². The maximum atomic E-state index is 13.2. The summed E-state index contributed by atoms with van der Waals surface area (Å²) in [6, 6.07) is 7.39. The van der Waals surface area contributed by atoms with Gasteiger partial charge >= 0.3 is 0 Å². The Hall–Kier alpha value is -3.03. The molecule has 3 saturated carbocycles. The molecular weight excluding hydrogens is 402 g/mol. The van der Waals surface area contributed by atoms with Gasteiger partial charge in [-0.25, -0.2) is 27.6 Å². The van der Waals surface area contributed by atoms with Crippen LogP contribution < -0.4 is 10.5 Å². The van der Waals surface area contributed by atoms with E-state index in [0.717, 1.165) is 24.8 Å². The third kappa shape index (κ3) is 2.77. The van der Waals surface area contributed by atoms with Crippen LogP contribution in [0.1, 0.15) is 39.1 Å². The van der Waals surface area contributed by atoms with E-state index >= 15 is 0 Å². The molecule has 0 unspecified atom stereocenters. The van der Waals surface area contributed by atoms with Crippen LogP contribution in [0.25, 0.3) is 16.9 Å². The molecule has 3 fully saturated rings. The Morgan fingerprint density at radius 2 is 2.10 bits per heavy atom. The van der Waals surface area contributed by atoms with Crippen molar-refractivity contribution in [3.8, 4) is 17.3 Å². The fourth-order valence-corrected chi connectivity index (χ4v) is 6.48. The first-order chi connectivity index (χ1) is 14.3. The summed E-state index contributed by atoms with van der Waals surface area (Å²) in [5.41, 5.74) is 7.63. The summed E-state index contributed by atoms with van der Waals surface area (Å²) < 4.78 is 30.9. The van der Waals surface area contributed by atoms with Crippen molar-refractivity contribution in [3.63, 3.8) is 0 Å². The number of nitrogen functional groups attached to an aromatic ring is 1. The number of sulfonamides is 1. The smallest absolute Gasteiger partial charge is 0.241 e. The van der Waals surface area contributed by atoms with Gasteiger partial charge in [0.2, 0.25) is 10.0 Å². The van der Waals surface area contributed by atoms with Crippen LogP contribution >= 0.6 is 0 Å². The third-order valence-electron chi connectivity index (χ3n) is 6.38. The minimum Gasteiger partial charge on any atom is -0.381 e. The predicted octanol–water partition coefficient (Wildman–Crippen LogP) is 2.43. The molecule has 10 heteroatoms. The first-order valence-electron chi connectivity index (χ1n) is 9.77. The van der Waals surface area contributed by atoms with Gasteiger partial charge in [-0.3, -0.25) is 0 Å². The highest BCUT2D eigenvalue weighted by Gasteiger charge is 2.59. The predicted molar refractivity (Wildman–Crippen MR) is 112 cm³/mol. The molecule has 0 aliphatic heterocycles. The van der Waals surface area contributed by atoms with Gasteiger partial charge in [0.15, 0.2) is 11.5 Å². The van der Waals surface area contributed by atoms with Crippen LogP contribution in [0.5, 0.6) is 0 Å². The summed E-state index contributed by atoms with van der Waals surface area (Å²) in [5, 5.41) is 13.6. The van der Waals surface area contributed by atoms with E-state index in [0.29, 0.717) is 29.7 Å². The van der Waals surface area contributed by atoms with Gasteiger partial charge in [0.25, 0.3) is 0 Å². The Kier molecular flexibility index (Phi) is 3.94. The largest absolute Gasteiger partial charge is 0.381 e. The number of nitrogens with two attached hydrogens (primary N) is 1. The number of nitriles is 1. The van der Waals surface area contributed by atoms with Crippen LogP contribution in [0.15, 0.2) is 35.6 Å². The van der Waals surface area contributed by atoms with Crippen LogP contribution in [-0.2, 0) is 10.0 Å². The maximum absolute atomic E-state index is 13.2. The van der Waals surface area contributed by atoms with Gasteiger partial charge in [0.05, 0.1) is 28.3 Å². The SMILES string of the molecule is Cc1ccc(S(=O)(=O)NC23CCCC(C#N)(C2)C3)cc1-c1cnc2c(N)ncnn12.[HH]. The first kappa shape index (κ1) is 19.0. The van der Waals surface area contributed by atoms with E-state index in [1.807, 2.05) is 6.92 Å². The number of nitrogens with zero attached hydrogens (tertiary/aromatic N) is 5. The lowest BCUT2D eigenvalue weighted by Crippen LogP contribution is -2.64. The lowest BCUT2D eigenvalue weighted by molar-refractivity contribution is 0.00643. The van der Waals surface area contributed by atoms with Gasteiger partial charge in [-0.1, -0.05) is 6.07 Å². The zero-order chi connectivity index (χ0) is 21.1. The highest BCUT2D eigenvalue weighted by Crippen LogP contribution is 2.58. The van der Waals surface area contributed by atoms with Crippen molar-refractivity contribution < 1.29 is 9.84 Å². The molecule has 3 aromatic rings. The van der Waals surface area contributed by atoms with Crippen molar-refractivity contribution in [3.05, 3.63) is 36.3 Å². The lowest BCUT2D eigenvalue weighted by atomic mass is 9.51. The Morgan fingerprint density at radius 3 is 2.87 bits per heavy atom. The second kappa shape index (κ2) is 6.23. The molecule has 3 aliphatic rings. The second-order valence-corrected chi connectivity index (χ2v) is 10.2. The monoisotopic (exact) mass is 425 g/mol. The number of hydrogen-bond acceptors (Lipinski definition) is 7. The van der Waals surface area contributed by atoms with Gasteiger partial charge in [0, 0.05) is 12.5 Å². The van der Waals surface area contributed by atoms with Gasteiger partial charge in [-0.2, -0.15) is 10.4 Å². The average molecular weight is 426 g/mol. The molecule has 0 amide bonds. The number of rotatable bonds is 4. The summed E-state index contributed by atoms with van der Waals surface area (Å²) in [5.74, 6) is 0.252. The highest BCUT2D eigenvalue weighted by molar-refractivity contribution is 7.89. The zero-order valence-corrected chi connectivity index (χ0v) is 17.3. The van der Waals surface area contributed by atoms with E-state index in [-0.39, 0.29) is 17.6 Å². The molecule has 0 atom stereocenters. The molecule has 156 valence electrons. The minimum absolute atomic E-state index is 0. The third-order valence-corrected chi connectivity index (χ3v) is 7.95. The zero-order valence-electron chi connectivity index (χ0n) is 16.5. The Labute approximate surface area is 175 Å². The molecular formula is C20H23N7O2S. The first-order valence-corrected chi connectivity index (χ1v) is 11.3. The average Bonchev–Trinajstić information content (AvgIpc) is 3.12. The molecule has 0 spiro atoms. The standard InChI is InChI=1S/C20H21N7O2S.H2/c1-13-3-4-14(7-15(13)16-8-23-18-17(22)24-12-25-27(16)18)30(28,29)26-20-6-2-5-19(9-20,10-20)11-21;/h3-4,7-8,12,26H,2,5-6,9-10H2,1H3,(H2,22,24,25);1H. The van der Waals surface area contributed by atoms with Gasteiger partial charge < -0.3 is 5.73 Å². The fraction of sp³-hybridized carbons (Fsp3) is 0.400. The number of fused-ring (bicyclic) bond motifs is 3. The lowest BCUT2D eigenvalue weighted by Gasteiger charge is -2.57. The molecule has 0 radical (unpaired) electrons. The Balaban J connectivity index is 0.00000231. The molecule has 2 bridgehead atoms. The molecule has 1 aromatic carbocycles. The molecule has 9 nitrogen and oxygen atoms in total. The van der Waals surface area contributed by atoms with Gasteiger partial charge in [-0.05, 0) is 56.7 Å². The number of imidazole rings is 1. The van der Waals surface area contributed by atoms with Gasteiger partial charge in [0.1, 0.15) is 6.33 Å². The number of hydrogen-bond donors (Lipinski definition) is 2. The maximum Gasteiger partial charge on any atom is 0.241 e. The summed E-state index contributed by atoms with van der Waals surface area (Å²) in [6.07, 6.45) is 6.58. The van der Waals surface area contributed by atoms with Crippen LogP contribution in [0.3, 0.4) is 0 Å². The summed E-state index contributed by atoms with van der Waals surface area (Å²) >= 11 is 0. The summed E-state index contributed by atoms with van der Waals surface area (Å²) in [7, 11) is -3.75. The molecule has 0 saturated heterocycles. The molecule has 2 aromatic heterocycles. The fourth-order valence-electron chi connectivity index (χ4n) is 5.03. The molecule has 3 aliphatic carbocycles. The van der Waals surface area contributed by atoms with E-state index in [4.69, 9.17) is 5.73 Å². The normalized spacial score (nSPS) is 25.6. The molecule has 30 heavy (non-hydrogen) atoms. The molecule has 3 N–H and O–H groups in total. The van der Waals surface area contributed by atoms with Crippen LogP contribution in [-0.4, -0.2) is 33.5 Å². The topological polar surface area (TPSA) is 139 Å². The number of anilines is 1. The van der Waals surface area contributed by atoms with E-state index in [9.17, 15) is 13.7 Å². The van der Waals surface area contributed by atoms with E-state index in [2.05, 4.69) is 25.9 Å². The Bertz CT molecular complexity index is 1320. The van der Waals surface area contributed by atoms with Gasteiger partial charge in [-0.15, -0.1) is 0 Å². The van der Waals surface area contributed by atoms with Crippen LogP contribution in [0.4, 0.5) is 5.82 Å². The van der Waals surface area contributed by atoms with E-state index < -0.39 is 15.6 Å². The number of benzene rings is 1.